The smallest absolute Gasteiger partial charge is 0.120 e. The van der Waals surface area contributed by atoms with E-state index in [1.807, 2.05) is 45.0 Å². The van der Waals surface area contributed by atoms with Gasteiger partial charge in [-0.3, -0.25) is 0 Å². The molecule has 1 aromatic carbocycles. The third kappa shape index (κ3) is 3.97. The summed E-state index contributed by atoms with van der Waals surface area (Å²) in [5, 5.41) is 10.4. The Morgan fingerprint density at radius 3 is 2.20 bits per heavy atom. The van der Waals surface area contributed by atoms with Crippen molar-refractivity contribution in [1.29, 1.82) is 0 Å². The lowest BCUT2D eigenvalue weighted by atomic mass is 9.91. The molecule has 0 saturated heterocycles. The first-order valence-corrected chi connectivity index (χ1v) is 7.59. The van der Waals surface area contributed by atoms with Gasteiger partial charge >= 0.3 is 0 Å². The van der Waals surface area contributed by atoms with E-state index in [0.717, 1.165) is 24.2 Å². The Bertz CT molecular complexity index is 416. The zero-order valence-corrected chi connectivity index (χ0v) is 12.8. The fourth-order valence-electron chi connectivity index (χ4n) is 2.90. The maximum atomic E-state index is 10.4. The fourth-order valence-corrected chi connectivity index (χ4v) is 2.90. The molecule has 3 N–H and O–H groups in total. The molecular weight excluding hydrogens is 250 g/mol. The van der Waals surface area contributed by atoms with Crippen LogP contribution in [0, 0.1) is 5.92 Å². The van der Waals surface area contributed by atoms with E-state index in [0.29, 0.717) is 5.92 Å². The first-order chi connectivity index (χ1) is 9.37. The molecule has 1 fully saturated rings. The van der Waals surface area contributed by atoms with E-state index in [1.165, 1.54) is 12.8 Å². The van der Waals surface area contributed by atoms with Crippen LogP contribution in [0.3, 0.4) is 0 Å². The third-order valence-corrected chi connectivity index (χ3v) is 3.94. The van der Waals surface area contributed by atoms with Gasteiger partial charge in [0.15, 0.2) is 0 Å². The maximum Gasteiger partial charge on any atom is 0.120 e. The van der Waals surface area contributed by atoms with E-state index in [9.17, 15) is 5.11 Å². The van der Waals surface area contributed by atoms with Gasteiger partial charge in [-0.15, -0.1) is 0 Å². The lowest BCUT2D eigenvalue weighted by Gasteiger charge is -2.25. The van der Waals surface area contributed by atoms with Gasteiger partial charge in [0.25, 0.3) is 0 Å². The molecule has 0 heterocycles. The topological polar surface area (TPSA) is 55.5 Å². The molecule has 3 nitrogen and oxygen atoms in total. The van der Waals surface area contributed by atoms with Crippen molar-refractivity contribution in [3.05, 3.63) is 29.8 Å². The van der Waals surface area contributed by atoms with Gasteiger partial charge in [0.2, 0.25) is 0 Å². The van der Waals surface area contributed by atoms with Crippen molar-refractivity contribution in [2.24, 2.45) is 11.7 Å². The highest BCUT2D eigenvalue weighted by Crippen LogP contribution is 2.33. The molecule has 1 aliphatic rings. The van der Waals surface area contributed by atoms with Crippen molar-refractivity contribution in [1.82, 2.24) is 0 Å². The van der Waals surface area contributed by atoms with Crippen LogP contribution in [0.2, 0.25) is 0 Å². The minimum atomic E-state index is -0.438. The summed E-state index contributed by atoms with van der Waals surface area (Å²) in [6.07, 6.45) is 4.19. The zero-order chi connectivity index (χ0) is 14.8. The second kappa shape index (κ2) is 6.15. The number of rotatable bonds is 4. The number of ether oxygens (including phenoxy) is 1. The first-order valence-electron chi connectivity index (χ1n) is 7.59. The molecule has 0 radical (unpaired) electrons. The summed E-state index contributed by atoms with van der Waals surface area (Å²) >= 11 is 0. The molecule has 20 heavy (non-hydrogen) atoms. The molecule has 0 unspecified atom stereocenters. The van der Waals surface area contributed by atoms with Crippen LogP contribution in [-0.2, 0) is 0 Å². The molecule has 1 saturated carbocycles. The predicted molar refractivity (Wildman–Crippen MR) is 81.7 cm³/mol. The zero-order valence-electron chi connectivity index (χ0n) is 12.8. The summed E-state index contributed by atoms with van der Waals surface area (Å²) in [5.74, 6) is 1.19. The van der Waals surface area contributed by atoms with Crippen LogP contribution in [0.15, 0.2) is 24.3 Å². The second-order valence-electron chi connectivity index (χ2n) is 6.84. The van der Waals surface area contributed by atoms with Crippen molar-refractivity contribution in [3.63, 3.8) is 0 Å². The molecule has 0 aliphatic heterocycles. The summed E-state index contributed by atoms with van der Waals surface area (Å²) in [7, 11) is 0. The normalized spacial score (nSPS) is 19.9. The van der Waals surface area contributed by atoms with Crippen LogP contribution in [0.25, 0.3) is 0 Å². The Morgan fingerprint density at radius 2 is 1.70 bits per heavy atom. The summed E-state index contributed by atoms with van der Waals surface area (Å²) in [5.41, 5.74) is 6.98. The average molecular weight is 277 g/mol. The molecule has 0 aromatic heterocycles. The van der Waals surface area contributed by atoms with Gasteiger partial charge < -0.3 is 15.6 Å². The molecule has 1 aliphatic carbocycles. The van der Waals surface area contributed by atoms with Crippen molar-refractivity contribution < 1.29 is 9.84 Å². The molecule has 0 amide bonds. The van der Waals surface area contributed by atoms with Crippen molar-refractivity contribution >= 4 is 0 Å². The van der Waals surface area contributed by atoms with E-state index < -0.39 is 6.10 Å². The van der Waals surface area contributed by atoms with Crippen LogP contribution >= 0.6 is 0 Å². The molecule has 0 bridgehead atoms. The van der Waals surface area contributed by atoms with Gasteiger partial charge in [0.1, 0.15) is 11.4 Å². The average Bonchev–Trinajstić information content (AvgIpc) is 2.90. The maximum absolute atomic E-state index is 10.4. The Hall–Kier alpha value is -1.06. The van der Waals surface area contributed by atoms with E-state index >= 15 is 0 Å². The molecule has 2 rings (SSSR count). The van der Waals surface area contributed by atoms with Gasteiger partial charge in [-0.1, -0.05) is 25.0 Å². The number of aliphatic hydroxyl groups is 1. The second-order valence-corrected chi connectivity index (χ2v) is 6.84. The number of hydrogen-bond donors (Lipinski definition) is 2. The largest absolute Gasteiger partial charge is 0.488 e. The Balaban J connectivity index is 2.01. The van der Waals surface area contributed by atoms with Crippen molar-refractivity contribution in [3.8, 4) is 5.75 Å². The van der Waals surface area contributed by atoms with Gasteiger partial charge in [0, 0.05) is 0 Å². The molecule has 1 aromatic rings. The van der Waals surface area contributed by atoms with Crippen molar-refractivity contribution in [2.75, 3.05) is 0 Å². The minimum absolute atomic E-state index is 0.201. The quantitative estimate of drug-likeness (QED) is 0.886. The summed E-state index contributed by atoms with van der Waals surface area (Å²) in [6, 6.07) is 7.49. The van der Waals surface area contributed by atoms with E-state index in [1.54, 1.807) is 0 Å². The Labute approximate surface area is 122 Å². The SMILES string of the molecule is CC(C)(C)Oc1ccc([C@H](N)[C@H](O)C2CCCC2)cc1. The molecule has 3 heteroatoms. The van der Waals surface area contributed by atoms with Crippen LogP contribution in [0.4, 0.5) is 0 Å². The summed E-state index contributed by atoms with van der Waals surface area (Å²) in [6.45, 7) is 6.07. The summed E-state index contributed by atoms with van der Waals surface area (Å²) < 4.78 is 5.79. The highest BCUT2D eigenvalue weighted by atomic mass is 16.5. The van der Waals surface area contributed by atoms with Gasteiger partial charge in [-0.25, -0.2) is 0 Å². The van der Waals surface area contributed by atoms with Crippen LogP contribution in [0.1, 0.15) is 58.1 Å². The number of hydrogen-bond acceptors (Lipinski definition) is 3. The van der Waals surface area contributed by atoms with Crippen LogP contribution in [-0.4, -0.2) is 16.8 Å². The molecule has 2 atom stereocenters. The number of benzene rings is 1. The highest BCUT2D eigenvalue weighted by Gasteiger charge is 2.28. The monoisotopic (exact) mass is 277 g/mol. The third-order valence-electron chi connectivity index (χ3n) is 3.94. The van der Waals surface area contributed by atoms with Gasteiger partial charge in [-0.2, -0.15) is 0 Å². The van der Waals surface area contributed by atoms with E-state index in [4.69, 9.17) is 10.5 Å². The summed E-state index contributed by atoms with van der Waals surface area (Å²) in [4.78, 5) is 0. The Kier molecular flexibility index (Phi) is 4.71. The van der Waals surface area contributed by atoms with E-state index in [-0.39, 0.29) is 11.6 Å². The van der Waals surface area contributed by atoms with Crippen LogP contribution in [0.5, 0.6) is 5.75 Å². The van der Waals surface area contributed by atoms with Gasteiger partial charge in [-0.05, 0) is 57.2 Å². The molecule has 0 spiro atoms. The predicted octanol–water partition coefficient (Wildman–Crippen LogP) is 3.41. The Morgan fingerprint density at radius 1 is 1.15 bits per heavy atom. The van der Waals surface area contributed by atoms with E-state index in [2.05, 4.69) is 0 Å². The number of nitrogens with two attached hydrogens (primary N) is 1. The highest BCUT2D eigenvalue weighted by molar-refractivity contribution is 5.30. The lowest BCUT2D eigenvalue weighted by molar-refractivity contribution is 0.0843. The van der Waals surface area contributed by atoms with Gasteiger partial charge in [0.05, 0.1) is 12.1 Å². The first kappa shape index (κ1) is 15.3. The molecular formula is C17H27NO2. The van der Waals surface area contributed by atoms with Crippen LogP contribution < -0.4 is 10.5 Å². The molecule has 112 valence electrons. The standard InChI is InChI=1S/C17H27NO2/c1-17(2,3)20-14-10-8-12(9-11-14)15(18)16(19)13-6-4-5-7-13/h8-11,13,15-16,19H,4-7,18H2,1-3H3/t15-,16+/m0/s1. The minimum Gasteiger partial charge on any atom is -0.488 e. The number of aliphatic hydroxyl groups excluding tert-OH is 1. The fraction of sp³-hybridized carbons (Fsp3) is 0.647. The lowest BCUT2D eigenvalue weighted by Crippen LogP contribution is -2.31. The van der Waals surface area contributed by atoms with Crippen molar-refractivity contribution in [2.45, 2.75) is 64.2 Å².